The van der Waals surface area contributed by atoms with E-state index in [4.69, 9.17) is 0 Å². The first kappa shape index (κ1) is 10.5. The van der Waals surface area contributed by atoms with E-state index in [9.17, 15) is 4.79 Å². The lowest BCUT2D eigenvalue weighted by molar-refractivity contribution is -0.116. The van der Waals surface area contributed by atoms with E-state index in [-0.39, 0.29) is 0 Å². The molecule has 0 amide bonds. The maximum atomic E-state index is 11.0. The van der Waals surface area contributed by atoms with Crippen molar-refractivity contribution in [2.45, 2.75) is 44.9 Å². The van der Waals surface area contributed by atoms with Crippen molar-refractivity contribution in [3.05, 3.63) is 0 Å². The molecule has 2 heteroatoms. The fourth-order valence-corrected chi connectivity index (χ4v) is 2.29. The zero-order valence-electron chi connectivity index (χ0n) is 7.52. The van der Waals surface area contributed by atoms with Gasteiger partial charge in [-0.2, -0.15) is 0 Å². The quantitative estimate of drug-likeness (QED) is 0.570. The van der Waals surface area contributed by atoms with Crippen LogP contribution in [0.5, 0.6) is 0 Å². The summed E-state index contributed by atoms with van der Waals surface area (Å²) in [5, 5.41) is 0. The molecule has 0 aliphatic heterocycles. The second-order valence-electron chi connectivity index (χ2n) is 3.72. The second kappa shape index (κ2) is 5.95. The Kier molecular flexibility index (Phi) is 5.19. The van der Waals surface area contributed by atoms with Gasteiger partial charge in [-0.15, -0.1) is 0 Å². The Balaban J connectivity index is 2.09. The smallest absolute Gasteiger partial charge is 0.142 e. The minimum absolute atomic E-state index is 0.432. The summed E-state index contributed by atoms with van der Waals surface area (Å²) in [6.07, 6.45) is 8.92. The van der Waals surface area contributed by atoms with Gasteiger partial charge in [-0.25, -0.2) is 0 Å². The number of Topliss-reactive ketones (excluding diaryl/α,β-unsaturated/α-hetero) is 1. The van der Waals surface area contributed by atoms with Gasteiger partial charge in [-0.1, -0.05) is 54.7 Å². The predicted molar refractivity (Wildman–Crippen MR) is 59.7 cm³/mol. The number of hydrogen-bond donors (Lipinski definition) is 0. The van der Waals surface area contributed by atoms with Crippen molar-refractivity contribution in [3.63, 3.8) is 0 Å². The molecule has 1 fully saturated rings. The van der Waals surface area contributed by atoms with Gasteiger partial charge in [0.2, 0.25) is 0 Å². The van der Waals surface area contributed by atoms with Crippen LogP contribution in [0.25, 0.3) is 0 Å². The maximum Gasteiger partial charge on any atom is 0.142 e. The molecule has 1 saturated carbocycles. The topological polar surface area (TPSA) is 17.1 Å². The first-order valence-corrected chi connectivity index (χ1v) is 6.43. The van der Waals surface area contributed by atoms with Crippen LogP contribution in [0.3, 0.4) is 0 Å². The lowest BCUT2D eigenvalue weighted by atomic mass is 9.86. The first-order valence-electron chi connectivity index (χ1n) is 4.90. The van der Waals surface area contributed by atoms with Gasteiger partial charge in [0.25, 0.3) is 0 Å². The van der Waals surface area contributed by atoms with E-state index < -0.39 is 0 Å². The molecule has 1 rings (SSSR count). The van der Waals surface area contributed by atoms with E-state index in [0.717, 1.165) is 18.8 Å². The Morgan fingerprint density at radius 2 is 1.92 bits per heavy atom. The number of carbonyl (C=O) groups is 1. The van der Waals surface area contributed by atoms with Crippen LogP contribution < -0.4 is 0 Å². The van der Waals surface area contributed by atoms with Gasteiger partial charge >= 0.3 is 0 Å². The average molecular weight is 280 g/mol. The summed E-state index contributed by atoms with van der Waals surface area (Å²) in [7, 11) is 0. The number of halogens is 1. The molecule has 0 unspecified atom stereocenters. The van der Waals surface area contributed by atoms with E-state index in [0.29, 0.717) is 10.2 Å². The minimum atomic E-state index is 0.432. The molecule has 0 aromatic rings. The summed E-state index contributed by atoms with van der Waals surface area (Å²) in [6.45, 7) is 0. The molecule has 0 aromatic carbocycles. The molecule has 0 bridgehead atoms. The second-order valence-corrected chi connectivity index (χ2v) is 4.48. The maximum absolute atomic E-state index is 11.0. The van der Waals surface area contributed by atoms with Crippen LogP contribution in [0.2, 0.25) is 0 Å². The zero-order chi connectivity index (χ0) is 8.81. The van der Waals surface area contributed by atoms with Crippen molar-refractivity contribution in [1.82, 2.24) is 0 Å². The number of hydrogen-bond acceptors (Lipinski definition) is 1. The monoisotopic (exact) mass is 280 g/mol. The van der Waals surface area contributed by atoms with Crippen LogP contribution in [-0.2, 0) is 4.79 Å². The van der Waals surface area contributed by atoms with Crippen molar-refractivity contribution >= 4 is 28.4 Å². The highest BCUT2D eigenvalue weighted by Crippen LogP contribution is 2.27. The molecule has 0 radical (unpaired) electrons. The number of carbonyl (C=O) groups excluding carboxylic acids is 1. The number of rotatable bonds is 4. The molecule has 12 heavy (non-hydrogen) atoms. The highest BCUT2D eigenvalue weighted by atomic mass is 127. The average Bonchev–Trinajstić information content (AvgIpc) is 2.16. The third-order valence-corrected chi connectivity index (χ3v) is 3.56. The van der Waals surface area contributed by atoms with Crippen molar-refractivity contribution in [3.8, 4) is 0 Å². The van der Waals surface area contributed by atoms with Gasteiger partial charge in [-0.3, -0.25) is 4.79 Å². The van der Waals surface area contributed by atoms with E-state index >= 15 is 0 Å². The lowest BCUT2D eigenvalue weighted by Gasteiger charge is -2.20. The molecular formula is C10H17IO. The van der Waals surface area contributed by atoms with Crippen LogP contribution in [0, 0.1) is 5.92 Å². The van der Waals surface area contributed by atoms with Gasteiger partial charge < -0.3 is 0 Å². The lowest BCUT2D eigenvalue weighted by Crippen LogP contribution is -2.09. The summed E-state index contributed by atoms with van der Waals surface area (Å²) in [5.41, 5.74) is 0. The standard InChI is InChI=1S/C10H17IO/c11-8-10(12)7-6-9-4-2-1-3-5-9/h9H,1-8H2. The van der Waals surface area contributed by atoms with Crippen molar-refractivity contribution in [2.24, 2.45) is 5.92 Å². The zero-order valence-corrected chi connectivity index (χ0v) is 9.68. The highest BCUT2D eigenvalue weighted by molar-refractivity contribution is 14.1. The Hall–Kier alpha value is 0.400. The van der Waals surface area contributed by atoms with Gasteiger partial charge in [0.1, 0.15) is 5.78 Å². The van der Waals surface area contributed by atoms with Crippen LogP contribution in [0.4, 0.5) is 0 Å². The third-order valence-electron chi connectivity index (χ3n) is 2.71. The number of alkyl halides is 1. The Bertz CT molecular complexity index is 139. The summed E-state index contributed by atoms with van der Waals surface area (Å²) in [4.78, 5) is 11.0. The van der Waals surface area contributed by atoms with E-state index in [2.05, 4.69) is 22.6 Å². The molecule has 0 N–H and O–H groups in total. The van der Waals surface area contributed by atoms with Gasteiger partial charge in [-0.05, 0) is 12.3 Å². The molecule has 1 aliphatic rings. The molecule has 0 heterocycles. The summed E-state index contributed by atoms with van der Waals surface area (Å²) in [6, 6.07) is 0. The molecule has 70 valence electrons. The summed E-state index contributed by atoms with van der Waals surface area (Å²) >= 11 is 2.16. The van der Waals surface area contributed by atoms with Crippen molar-refractivity contribution in [2.75, 3.05) is 4.43 Å². The van der Waals surface area contributed by atoms with Gasteiger partial charge in [0.05, 0.1) is 4.43 Å². The van der Waals surface area contributed by atoms with Gasteiger partial charge in [0, 0.05) is 6.42 Å². The third kappa shape index (κ3) is 3.87. The molecule has 0 saturated heterocycles. The summed E-state index contributed by atoms with van der Waals surface area (Å²) < 4.78 is 0.699. The van der Waals surface area contributed by atoms with Crippen LogP contribution in [0.15, 0.2) is 0 Å². The minimum Gasteiger partial charge on any atom is -0.299 e. The first-order chi connectivity index (χ1) is 5.83. The normalized spacial score (nSPS) is 19.4. The van der Waals surface area contributed by atoms with E-state index in [1.54, 1.807) is 0 Å². The number of ketones is 1. The molecule has 1 aliphatic carbocycles. The summed E-state index contributed by atoms with van der Waals surface area (Å²) in [5.74, 6) is 1.30. The SMILES string of the molecule is O=C(CI)CCC1CCCCC1. The van der Waals surface area contributed by atoms with Crippen LogP contribution in [0.1, 0.15) is 44.9 Å². The predicted octanol–water partition coefficient (Wildman–Crippen LogP) is 3.35. The Morgan fingerprint density at radius 1 is 1.25 bits per heavy atom. The Labute approximate surface area is 88.4 Å². The van der Waals surface area contributed by atoms with Crippen LogP contribution >= 0.6 is 22.6 Å². The molecule has 1 nitrogen and oxygen atoms in total. The fraction of sp³-hybridized carbons (Fsp3) is 0.900. The largest absolute Gasteiger partial charge is 0.299 e. The Morgan fingerprint density at radius 3 is 2.50 bits per heavy atom. The van der Waals surface area contributed by atoms with Crippen LogP contribution in [-0.4, -0.2) is 10.2 Å². The molecule has 0 atom stereocenters. The van der Waals surface area contributed by atoms with Crippen molar-refractivity contribution < 1.29 is 4.79 Å². The molecule has 0 aromatic heterocycles. The molecular weight excluding hydrogens is 263 g/mol. The molecule has 0 spiro atoms. The van der Waals surface area contributed by atoms with Gasteiger partial charge in [0.15, 0.2) is 0 Å². The fourth-order valence-electron chi connectivity index (χ4n) is 1.91. The van der Waals surface area contributed by atoms with E-state index in [1.165, 1.54) is 32.1 Å². The van der Waals surface area contributed by atoms with E-state index in [1.807, 2.05) is 0 Å². The highest BCUT2D eigenvalue weighted by Gasteiger charge is 2.13. The van der Waals surface area contributed by atoms with Crippen molar-refractivity contribution in [1.29, 1.82) is 0 Å².